The second kappa shape index (κ2) is 9.97. The highest BCUT2D eigenvalue weighted by atomic mass is 32.1. The van der Waals surface area contributed by atoms with Gasteiger partial charge in [0.2, 0.25) is 0 Å². The largest absolute Gasteiger partial charge is 0.493 e. The topological polar surface area (TPSA) is 48.5 Å². The van der Waals surface area contributed by atoms with Crippen molar-refractivity contribution < 1.29 is 9.53 Å². The van der Waals surface area contributed by atoms with Gasteiger partial charge in [0.1, 0.15) is 5.76 Å². The van der Waals surface area contributed by atoms with Crippen LogP contribution in [0.3, 0.4) is 0 Å². The Labute approximate surface area is 159 Å². The van der Waals surface area contributed by atoms with Crippen molar-refractivity contribution in [3.63, 3.8) is 0 Å². The highest BCUT2D eigenvalue weighted by molar-refractivity contribution is 7.09. The zero-order chi connectivity index (χ0) is 18.9. The Hall–Kier alpha value is -2.34. The van der Waals surface area contributed by atoms with Gasteiger partial charge in [-0.3, -0.25) is 4.79 Å². The van der Waals surface area contributed by atoms with E-state index in [0.29, 0.717) is 17.9 Å². The fraction of sp³-hybridized carbons (Fsp3) is 0.400. The first-order valence-corrected chi connectivity index (χ1v) is 9.73. The lowest BCUT2D eigenvalue weighted by molar-refractivity contribution is -0.114. The van der Waals surface area contributed by atoms with Gasteiger partial charge in [-0.15, -0.1) is 11.3 Å². The van der Waals surface area contributed by atoms with Crippen molar-refractivity contribution >= 4 is 17.2 Å². The maximum Gasteiger partial charge on any atom is 0.283 e. The van der Waals surface area contributed by atoms with Crippen molar-refractivity contribution in [1.29, 1.82) is 0 Å². The molecule has 2 rings (SSSR count). The van der Waals surface area contributed by atoms with Crippen LogP contribution in [0.2, 0.25) is 0 Å². The van der Waals surface area contributed by atoms with Crippen LogP contribution in [0.5, 0.6) is 0 Å². The van der Waals surface area contributed by atoms with E-state index < -0.39 is 0 Å². The molecule has 2 heterocycles. The second-order valence-corrected chi connectivity index (χ2v) is 7.01. The van der Waals surface area contributed by atoms with E-state index in [0.717, 1.165) is 29.2 Å². The van der Waals surface area contributed by atoms with Crippen molar-refractivity contribution in [2.75, 3.05) is 6.61 Å². The molecule has 0 saturated carbocycles. The average Bonchev–Trinajstić information content (AvgIpc) is 3.25. The number of nitrogens with zero attached hydrogens (tertiary/aromatic N) is 3. The third kappa shape index (κ3) is 5.33. The standard InChI is InChI=1S/C20H27N3O2S/c1-5-17(18(6-2)25-7-3)19(24)21-20-23(15-16(4)26-20)14-10-13-22-11-8-9-12-22/h5-6,8-9,11-12,15H,7,10,13-14H2,1-4H3/b17-5+,18-6+,21-20?. The van der Waals surface area contributed by atoms with Crippen LogP contribution in [0, 0.1) is 6.92 Å². The number of thiazole rings is 1. The van der Waals surface area contributed by atoms with E-state index in [2.05, 4.69) is 32.7 Å². The number of ether oxygens (including phenoxy) is 1. The number of allylic oxidation sites excluding steroid dienone is 2. The number of amides is 1. The van der Waals surface area contributed by atoms with Crippen LogP contribution in [0.1, 0.15) is 32.1 Å². The van der Waals surface area contributed by atoms with Gasteiger partial charge < -0.3 is 13.9 Å². The molecule has 2 aromatic heterocycles. The summed E-state index contributed by atoms with van der Waals surface area (Å²) >= 11 is 1.53. The maximum absolute atomic E-state index is 12.7. The normalized spacial score (nSPS) is 13.3. The molecule has 26 heavy (non-hydrogen) atoms. The highest BCUT2D eigenvalue weighted by Crippen LogP contribution is 2.14. The molecule has 1 amide bonds. The van der Waals surface area contributed by atoms with Crippen LogP contribution in [0.25, 0.3) is 0 Å². The first-order valence-electron chi connectivity index (χ1n) is 8.91. The average molecular weight is 374 g/mol. The quantitative estimate of drug-likeness (QED) is 0.398. The van der Waals surface area contributed by atoms with E-state index in [1.807, 2.05) is 39.8 Å². The monoisotopic (exact) mass is 373 g/mol. The van der Waals surface area contributed by atoms with Crippen LogP contribution in [-0.4, -0.2) is 21.6 Å². The minimum absolute atomic E-state index is 0.268. The molecular formula is C20H27N3O2S. The molecule has 0 spiro atoms. The second-order valence-electron chi connectivity index (χ2n) is 5.80. The lowest BCUT2D eigenvalue weighted by Gasteiger charge is -2.09. The van der Waals surface area contributed by atoms with Crippen molar-refractivity contribution in [3.05, 3.63) is 63.9 Å². The first kappa shape index (κ1) is 20.0. The van der Waals surface area contributed by atoms with Gasteiger partial charge >= 0.3 is 0 Å². The highest BCUT2D eigenvalue weighted by Gasteiger charge is 2.14. The van der Waals surface area contributed by atoms with Crippen LogP contribution < -0.4 is 4.80 Å². The summed E-state index contributed by atoms with van der Waals surface area (Å²) in [6, 6.07) is 4.05. The fourth-order valence-electron chi connectivity index (χ4n) is 2.68. The number of carbonyl (C=O) groups excluding carboxylic acids is 1. The van der Waals surface area contributed by atoms with Crippen LogP contribution in [0.4, 0.5) is 0 Å². The molecule has 0 aliphatic carbocycles. The number of aromatic nitrogens is 2. The van der Waals surface area contributed by atoms with Gasteiger partial charge in [0.25, 0.3) is 5.91 Å². The molecular weight excluding hydrogens is 346 g/mol. The molecule has 2 aromatic rings. The summed E-state index contributed by atoms with van der Waals surface area (Å²) in [6.45, 7) is 9.90. The Morgan fingerprint density at radius 2 is 1.96 bits per heavy atom. The minimum atomic E-state index is -0.268. The zero-order valence-corrected chi connectivity index (χ0v) is 16.8. The van der Waals surface area contributed by atoms with E-state index in [1.165, 1.54) is 11.3 Å². The summed E-state index contributed by atoms with van der Waals surface area (Å²) in [5.74, 6) is 0.311. The number of aryl methyl sites for hydroxylation is 3. The molecule has 6 heteroatoms. The zero-order valence-electron chi connectivity index (χ0n) is 15.9. The van der Waals surface area contributed by atoms with Crippen LogP contribution in [0.15, 0.2) is 59.2 Å². The molecule has 0 unspecified atom stereocenters. The van der Waals surface area contributed by atoms with Gasteiger partial charge in [0.05, 0.1) is 12.2 Å². The molecule has 0 atom stereocenters. The predicted molar refractivity (Wildman–Crippen MR) is 106 cm³/mol. The first-order chi connectivity index (χ1) is 12.6. The third-order valence-electron chi connectivity index (χ3n) is 3.86. The summed E-state index contributed by atoms with van der Waals surface area (Å²) in [6.07, 6.45) is 10.7. The van der Waals surface area contributed by atoms with Gasteiger partial charge in [0, 0.05) is 36.6 Å². The molecule has 0 bridgehead atoms. The Morgan fingerprint density at radius 1 is 1.23 bits per heavy atom. The summed E-state index contributed by atoms with van der Waals surface area (Å²) in [7, 11) is 0. The smallest absolute Gasteiger partial charge is 0.283 e. The van der Waals surface area contributed by atoms with Crippen LogP contribution in [-0.2, 0) is 22.6 Å². The van der Waals surface area contributed by atoms with Gasteiger partial charge in [-0.25, -0.2) is 0 Å². The Kier molecular flexibility index (Phi) is 7.66. The summed E-state index contributed by atoms with van der Waals surface area (Å²) in [5.41, 5.74) is 0.499. The molecule has 0 fully saturated rings. The fourth-order valence-corrected chi connectivity index (χ4v) is 3.54. The van der Waals surface area contributed by atoms with Gasteiger partial charge in [0.15, 0.2) is 4.80 Å². The lowest BCUT2D eigenvalue weighted by Crippen LogP contribution is -2.18. The number of hydrogen-bond acceptors (Lipinski definition) is 3. The van der Waals surface area contributed by atoms with Crippen LogP contribution >= 0.6 is 11.3 Å². The summed E-state index contributed by atoms with van der Waals surface area (Å²) < 4.78 is 9.76. The Balaban J connectivity index is 2.17. The summed E-state index contributed by atoms with van der Waals surface area (Å²) in [4.78, 5) is 18.9. The SMILES string of the molecule is C/C=C(OCC)\C(=C/C)C(=O)N=c1sc(C)cn1CCCn1cccc1. The van der Waals surface area contributed by atoms with Gasteiger partial charge in [-0.1, -0.05) is 6.08 Å². The molecule has 0 N–H and O–H groups in total. The van der Waals surface area contributed by atoms with E-state index in [4.69, 9.17) is 4.74 Å². The maximum atomic E-state index is 12.7. The minimum Gasteiger partial charge on any atom is -0.493 e. The van der Waals surface area contributed by atoms with Crippen molar-refractivity contribution in [2.45, 2.75) is 47.2 Å². The predicted octanol–water partition coefficient (Wildman–Crippen LogP) is 4.06. The lowest BCUT2D eigenvalue weighted by atomic mass is 10.2. The number of hydrogen-bond donors (Lipinski definition) is 0. The molecule has 0 aliphatic heterocycles. The molecule has 0 saturated heterocycles. The van der Waals surface area contributed by atoms with Gasteiger partial charge in [-0.2, -0.15) is 4.99 Å². The molecule has 0 radical (unpaired) electrons. The van der Waals surface area contributed by atoms with E-state index in [-0.39, 0.29) is 5.91 Å². The van der Waals surface area contributed by atoms with Crippen molar-refractivity contribution in [1.82, 2.24) is 9.13 Å². The molecule has 5 nitrogen and oxygen atoms in total. The number of carbonyl (C=O) groups is 1. The van der Waals surface area contributed by atoms with Gasteiger partial charge in [-0.05, 0) is 52.3 Å². The Morgan fingerprint density at radius 3 is 2.58 bits per heavy atom. The Bertz CT molecular complexity index is 839. The van der Waals surface area contributed by atoms with E-state index >= 15 is 0 Å². The van der Waals surface area contributed by atoms with E-state index in [9.17, 15) is 4.79 Å². The molecule has 0 aliphatic rings. The van der Waals surface area contributed by atoms with E-state index in [1.54, 1.807) is 12.2 Å². The number of rotatable bonds is 8. The molecule has 0 aromatic carbocycles. The van der Waals surface area contributed by atoms with Crippen molar-refractivity contribution in [3.8, 4) is 0 Å². The molecule has 140 valence electrons. The third-order valence-corrected chi connectivity index (χ3v) is 4.80. The van der Waals surface area contributed by atoms with Crippen molar-refractivity contribution in [2.24, 2.45) is 4.99 Å². The summed E-state index contributed by atoms with van der Waals surface area (Å²) in [5, 5.41) is 0.